The van der Waals surface area contributed by atoms with Crippen molar-refractivity contribution in [2.75, 3.05) is 12.1 Å². The highest BCUT2D eigenvalue weighted by Gasteiger charge is 2.40. The van der Waals surface area contributed by atoms with Gasteiger partial charge in [-0.05, 0) is 12.1 Å². The maximum atomic E-state index is 12.5. The molecule has 0 heterocycles. The fourth-order valence-electron chi connectivity index (χ4n) is 1.41. The first-order chi connectivity index (χ1) is 9.84. The van der Waals surface area contributed by atoms with E-state index in [9.17, 15) is 41.3 Å². The van der Waals surface area contributed by atoms with Crippen molar-refractivity contribution in [3.8, 4) is 0 Å². The van der Waals surface area contributed by atoms with Gasteiger partial charge in [-0.25, -0.2) is 0 Å². The van der Waals surface area contributed by atoms with Crippen LogP contribution in [0.3, 0.4) is 0 Å². The number of hydrogen-bond donors (Lipinski definition) is 1. The molecule has 0 aliphatic carbocycles. The Morgan fingerprint density at radius 3 is 2.18 bits per heavy atom. The minimum atomic E-state index is -5.26. The molecular formula is C10H7F6N3O3. The van der Waals surface area contributed by atoms with Crippen molar-refractivity contribution in [3.63, 3.8) is 0 Å². The van der Waals surface area contributed by atoms with Crippen molar-refractivity contribution < 1.29 is 36.1 Å². The van der Waals surface area contributed by atoms with Gasteiger partial charge in [0.1, 0.15) is 5.69 Å². The van der Waals surface area contributed by atoms with Crippen LogP contribution in [0.1, 0.15) is 5.56 Å². The Hall–Kier alpha value is -2.53. The summed E-state index contributed by atoms with van der Waals surface area (Å²) in [4.78, 5) is 20.3. The van der Waals surface area contributed by atoms with Gasteiger partial charge in [0.15, 0.2) is 0 Å². The molecule has 1 N–H and O–H groups in total. The Bertz CT molecular complexity index is 599. The number of carbonyl (C=O) groups excluding carboxylic acids is 1. The van der Waals surface area contributed by atoms with E-state index in [2.05, 4.69) is 0 Å². The number of hydrazine groups is 1. The van der Waals surface area contributed by atoms with E-state index in [1.165, 1.54) is 5.43 Å². The van der Waals surface area contributed by atoms with Gasteiger partial charge in [-0.2, -0.15) is 26.3 Å². The predicted molar refractivity (Wildman–Crippen MR) is 60.7 cm³/mol. The number of benzene rings is 1. The summed E-state index contributed by atoms with van der Waals surface area (Å²) in [6.07, 6.45) is -10.1. The van der Waals surface area contributed by atoms with Crippen LogP contribution in [0.2, 0.25) is 0 Å². The van der Waals surface area contributed by atoms with Crippen LogP contribution in [0.25, 0.3) is 0 Å². The number of rotatable bonds is 3. The van der Waals surface area contributed by atoms with Gasteiger partial charge in [-0.15, -0.1) is 0 Å². The van der Waals surface area contributed by atoms with Crippen LogP contribution in [0.15, 0.2) is 18.2 Å². The van der Waals surface area contributed by atoms with Crippen molar-refractivity contribution in [2.45, 2.75) is 12.4 Å². The highest BCUT2D eigenvalue weighted by molar-refractivity contribution is 5.83. The fourth-order valence-corrected chi connectivity index (χ4v) is 1.41. The lowest BCUT2D eigenvalue weighted by molar-refractivity contribution is -0.384. The summed E-state index contributed by atoms with van der Waals surface area (Å²) in [7, 11) is 0.819. The molecule has 1 aromatic rings. The fraction of sp³-hybridized carbons (Fsp3) is 0.300. The number of nitrogens with one attached hydrogen (secondary N) is 1. The molecule has 0 bridgehead atoms. The maximum Gasteiger partial charge on any atom is 0.472 e. The van der Waals surface area contributed by atoms with Crippen molar-refractivity contribution in [3.05, 3.63) is 33.9 Å². The van der Waals surface area contributed by atoms with Gasteiger partial charge in [0.05, 0.1) is 10.5 Å². The van der Waals surface area contributed by atoms with E-state index in [4.69, 9.17) is 0 Å². The minimum Gasteiger partial charge on any atom is -0.282 e. The Morgan fingerprint density at radius 1 is 1.23 bits per heavy atom. The standard InChI is InChI=1S/C10H7F6N3O3/c1-18(17-8(20)10(14,15)16)6-3-2-5(9(11,12)13)4-7(6)19(21)22/h2-4H,1H3,(H,17,20). The summed E-state index contributed by atoms with van der Waals surface area (Å²) in [6.45, 7) is 0. The molecule has 0 aliphatic heterocycles. The van der Waals surface area contributed by atoms with E-state index < -0.39 is 40.1 Å². The van der Waals surface area contributed by atoms with E-state index in [1.54, 1.807) is 0 Å². The van der Waals surface area contributed by atoms with Crippen LogP contribution in [0.4, 0.5) is 37.7 Å². The monoisotopic (exact) mass is 331 g/mol. The van der Waals surface area contributed by atoms with Crippen LogP contribution in [0, 0.1) is 10.1 Å². The first kappa shape index (κ1) is 17.5. The zero-order valence-electron chi connectivity index (χ0n) is 10.6. The molecule has 0 atom stereocenters. The number of nitrogens with zero attached hydrogens (tertiary/aromatic N) is 2. The van der Waals surface area contributed by atoms with E-state index in [0.29, 0.717) is 17.1 Å². The average molecular weight is 331 g/mol. The predicted octanol–water partition coefficient (Wildman–Crippen LogP) is 2.64. The van der Waals surface area contributed by atoms with Crippen LogP contribution in [0.5, 0.6) is 0 Å². The Kier molecular flexibility index (Phi) is 4.53. The molecule has 12 heteroatoms. The molecule has 6 nitrogen and oxygen atoms in total. The van der Waals surface area contributed by atoms with Gasteiger partial charge in [-0.3, -0.25) is 25.3 Å². The normalized spacial score (nSPS) is 12.0. The molecule has 0 aromatic heterocycles. The molecule has 0 spiro atoms. The van der Waals surface area contributed by atoms with Gasteiger partial charge in [0.25, 0.3) is 5.69 Å². The molecule has 22 heavy (non-hydrogen) atoms. The molecule has 0 saturated heterocycles. The number of alkyl halides is 6. The van der Waals surface area contributed by atoms with Gasteiger partial charge in [-0.1, -0.05) is 0 Å². The lowest BCUT2D eigenvalue weighted by Crippen LogP contribution is -2.46. The van der Waals surface area contributed by atoms with Crippen LogP contribution < -0.4 is 10.4 Å². The van der Waals surface area contributed by atoms with Crippen molar-refractivity contribution in [1.82, 2.24) is 5.43 Å². The first-order valence-electron chi connectivity index (χ1n) is 5.31. The number of halogens is 6. The molecule has 0 fully saturated rings. The molecule has 1 aromatic carbocycles. The average Bonchev–Trinajstić information content (AvgIpc) is 2.35. The minimum absolute atomic E-state index is 0.158. The van der Waals surface area contributed by atoms with Crippen LogP contribution in [-0.4, -0.2) is 24.1 Å². The number of carbonyl (C=O) groups is 1. The third-order valence-electron chi connectivity index (χ3n) is 2.39. The van der Waals surface area contributed by atoms with Gasteiger partial charge in [0, 0.05) is 13.1 Å². The molecule has 122 valence electrons. The Morgan fingerprint density at radius 2 is 1.77 bits per heavy atom. The number of hydrogen-bond acceptors (Lipinski definition) is 4. The third kappa shape index (κ3) is 3.99. The first-order valence-corrected chi connectivity index (χ1v) is 5.31. The lowest BCUT2D eigenvalue weighted by Gasteiger charge is -2.21. The second-order valence-electron chi connectivity index (χ2n) is 3.96. The van der Waals surface area contributed by atoms with Crippen LogP contribution >= 0.6 is 0 Å². The maximum absolute atomic E-state index is 12.5. The summed E-state index contributed by atoms with van der Waals surface area (Å²) in [6, 6.07) is 1.18. The topological polar surface area (TPSA) is 75.5 Å². The molecule has 1 rings (SSSR count). The lowest BCUT2D eigenvalue weighted by atomic mass is 10.1. The van der Waals surface area contributed by atoms with Gasteiger partial charge < -0.3 is 0 Å². The molecule has 0 radical (unpaired) electrons. The zero-order chi connectivity index (χ0) is 17.3. The van der Waals surface area contributed by atoms with E-state index in [-0.39, 0.29) is 6.07 Å². The van der Waals surface area contributed by atoms with Crippen molar-refractivity contribution in [2.24, 2.45) is 0 Å². The number of amides is 1. The smallest absolute Gasteiger partial charge is 0.282 e. The highest BCUT2D eigenvalue weighted by atomic mass is 19.4. The largest absolute Gasteiger partial charge is 0.472 e. The summed E-state index contributed by atoms with van der Waals surface area (Å²) < 4.78 is 73.7. The second kappa shape index (κ2) is 5.69. The van der Waals surface area contributed by atoms with E-state index in [0.717, 1.165) is 7.05 Å². The van der Waals surface area contributed by atoms with Gasteiger partial charge >= 0.3 is 18.3 Å². The summed E-state index contributed by atoms with van der Waals surface area (Å²) in [5.74, 6) is -2.43. The van der Waals surface area contributed by atoms with Crippen molar-refractivity contribution >= 4 is 17.3 Å². The molecule has 0 saturated carbocycles. The van der Waals surface area contributed by atoms with Crippen molar-refractivity contribution in [1.29, 1.82) is 0 Å². The summed E-state index contributed by atoms with van der Waals surface area (Å²) >= 11 is 0. The quantitative estimate of drug-likeness (QED) is 0.525. The summed E-state index contributed by atoms with van der Waals surface area (Å²) in [5.41, 5.74) is -1.83. The number of anilines is 1. The second-order valence-corrected chi connectivity index (χ2v) is 3.96. The molecule has 0 unspecified atom stereocenters. The van der Waals surface area contributed by atoms with E-state index >= 15 is 0 Å². The zero-order valence-corrected chi connectivity index (χ0v) is 10.6. The third-order valence-corrected chi connectivity index (χ3v) is 2.39. The SMILES string of the molecule is CN(NC(=O)C(F)(F)F)c1ccc(C(F)(F)F)cc1[N+](=O)[O-]. The van der Waals surface area contributed by atoms with Crippen LogP contribution in [-0.2, 0) is 11.0 Å². The number of nitro benzene ring substituents is 1. The molecule has 1 amide bonds. The van der Waals surface area contributed by atoms with Gasteiger partial charge in [0.2, 0.25) is 0 Å². The van der Waals surface area contributed by atoms with E-state index in [1.807, 2.05) is 0 Å². The molecule has 0 aliphatic rings. The molecular weight excluding hydrogens is 324 g/mol. The number of nitro groups is 1. The highest BCUT2D eigenvalue weighted by Crippen LogP contribution is 2.35. The summed E-state index contributed by atoms with van der Waals surface area (Å²) in [5, 5.41) is 11.1. The Labute approximate surface area is 118 Å². The Balaban J connectivity index is 3.19.